The lowest BCUT2D eigenvalue weighted by molar-refractivity contribution is 0.151. The highest BCUT2D eigenvalue weighted by molar-refractivity contribution is 5.54. The second-order valence-corrected chi connectivity index (χ2v) is 2.69. The smallest absolute Gasteiger partial charge is 0.205 e. The highest BCUT2D eigenvalue weighted by Gasteiger charge is 2.09. The summed E-state index contributed by atoms with van der Waals surface area (Å²) >= 11 is 0. The van der Waals surface area contributed by atoms with E-state index >= 15 is 0 Å². The number of halogens is 2. The van der Waals surface area contributed by atoms with Crippen LogP contribution in [0.4, 0.5) is 8.78 Å². The van der Waals surface area contributed by atoms with Crippen molar-refractivity contribution in [1.82, 2.24) is 0 Å². The average molecular weight is 193 g/mol. The molecule has 14 heavy (non-hydrogen) atoms. The van der Waals surface area contributed by atoms with Crippen molar-refractivity contribution in [3.63, 3.8) is 0 Å². The van der Waals surface area contributed by atoms with Gasteiger partial charge in [0.05, 0.1) is 12.5 Å². The standard InChI is InChI=1S/C11H9F2N/c12-11(13)10-7-2-1-5-9(10)6-3-4-8-14/h1-3,5-7,11H,4H2. The Bertz CT molecular complexity index is 364. The van der Waals surface area contributed by atoms with Crippen LogP contribution in [-0.2, 0) is 0 Å². The Kier molecular flexibility index (Phi) is 3.81. The molecule has 0 bridgehead atoms. The van der Waals surface area contributed by atoms with Crippen LogP contribution in [0.5, 0.6) is 0 Å². The Balaban J connectivity index is 2.91. The number of rotatable bonds is 3. The Morgan fingerprint density at radius 2 is 2.07 bits per heavy atom. The van der Waals surface area contributed by atoms with Crippen molar-refractivity contribution < 1.29 is 8.78 Å². The molecule has 0 saturated heterocycles. The number of nitrogens with zero attached hydrogens (tertiary/aromatic N) is 1. The maximum absolute atomic E-state index is 12.4. The molecule has 0 amide bonds. The second-order valence-electron chi connectivity index (χ2n) is 2.69. The first-order valence-electron chi connectivity index (χ1n) is 4.16. The van der Waals surface area contributed by atoms with Gasteiger partial charge in [-0.2, -0.15) is 5.26 Å². The molecule has 0 unspecified atom stereocenters. The molecular formula is C11H9F2N. The van der Waals surface area contributed by atoms with Crippen LogP contribution in [0.15, 0.2) is 30.3 Å². The molecule has 0 radical (unpaired) electrons. The van der Waals surface area contributed by atoms with E-state index in [1.807, 2.05) is 6.07 Å². The monoisotopic (exact) mass is 193 g/mol. The fourth-order valence-electron chi connectivity index (χ4n) is 1.10. The quantitative estimate of drug-likeness (QED) is 0.720. The number of allylic oxidation sites excluding steroid dienone is 1. The lowest BCUT2D eigenvalue weighted by Crippen LogP contribution is -1.87. The van der Waals surface area contributed by atoms with Crippen molar-refractivity contribution in [3.05, 3.63) is 41.5 Å². The van der Waals surface area contributed by atoms with Gasteiger partial charge in [-0.25, -0.2) is 8.78 Å². The second kappa shape index (κ2) is 5.13. The zero-order chi connectivity index (χ0) is 10.4. The summed E-state index contributed by atoms with van der Waals surface area (Å²) < 4.78 is 24.9. The highest BCUT2D eigenvalue weighted by Crippen LogP contribution is 2.23. The highest BCUT2D eigenvalue weighted by atomic mass is 19.3. The summed E-state index contributed by atoms with van der Waals surface area (Å²) in [5, 5.41) is 8.27. The van der Waals surface area contributed by atoms with Crippen LogP contribution in [0, 0.1) is 11.3 Å². The Labute approximate surface area is 81.3 Å². The van der Waals surface area contributed by atoms with E-state index in [4.69, 9.17) is 5.26 Å². The van der Waals surface area contributed by atoms with Crippen LogP contribution in [0.25, 0.3) is 6.08 Å². The first-order chi connectivity index (χ1) is 6.75. The molecule has 0 spiro atoms. The fraction of sp³-hybridized carbons (Fsp3) is 0.182. The van der Waals surface area contributed by atoms with Crippen LogP contribution in [0.3, 0.4) is 0 Å². The number of hydrogen-bond donors (Lipinski definition) is 0. The van der Waals surface area contributed by atoms with Crippen molar-refractivity contribution in [2.45, 2.75) is 12.8 Å². The summed E-state index contributed by atoms with van der Waals surface area (Å²) in [5.74, 6) is 0. The first-order valence-corrected chi connectivity index (χ1v) is 4.16. The average Bonchev–Trinajstić information content (AvgIpc) is 2.19. The van der Waals surface area contributed by atoms with Gasteiger partial charge < -0.3 is 0 Å². The predicted molar refractivity (Wildman–Crippen MR) is 50.7 cm³/mol. The van der Waals surface area contributed by atoms with Crippen molar-refractivity contribution in [3.8, 4) is 6.07 Å². The van der Waals surface area contributed by atoms with Crippen molar-refractivity contribution in [1.29, 1.82) is 5.26 Å². The summed E-state index contributed by atoms with van der Waals surface area (Å²) in [6.45, 7) is 0. The third-order valence-corrected chi connectivity index (χ3v) is 1.74. The summed E-state index contributed by atoms with van der Waals surface area (Å²) in [5.41, 5.74) is 0.472. The summed E-state index contributed by atoms with van der Waals surface area (Å²) in [6.07, 6.45) is 0.877. The molecule has 1 aromatic carbocycles. The number of hydrogen-bond acceptors (Lipinski definition) is 1. The molecule has 1 aromatic rings. The van der Waals surface area contributed by atoms with Gasteiger partial charge >= 0.3 is 0 Å². The van der Waals surface area contributed by atoms with E-state index in [0.717, 1.165) is 0 Å². The molecular weight excluding hydrogens is 184 g/mol. The van der Waals surface area contributed by atoms with E-state index in [2.05, 4.69) is 0 Å². The minimum atomic E-state index is -2.47. The van der Waals surface area contributed by atoms with Gasteiger partial charge in [-0.3, -0.25) is 0 Å². The molecule has 0 aromatic heterocycles. The van der Waals surface area contributed by atoms with Gasteiger partial charge in [0.1, 0.15) is 0 Å². The fourth-order valence-corrected chi connectivity index (χ4v) is 1.10. The third kappa shape index (κ3) is 2.67. The van der Waals surface area contributed by atoms with E-state index in [9.17, 15) is 8.78 Å². The zero-order valence-electron chi connectivity index (χ0n) is 7.45. The van der Waals surface area contributed by atoms with E-state index in [1.54, 1.807) is 30.4 Å². The van der Waals surface area contributed by atoms with Gasteiger partial charge in [-0.1, -0.05) is 36.4 Å². The minimum absolute atomic E-state index is 0.00156. The molecule has 3 heteroatoms. The van der Waals surface area contributed by atoms with Gasteiger partial charge in [0, 0.05) is 5.56 Å². The Morgan fingerprint density at radius 1 is 1.36 bits per heavy atom. The Morgan fingerprint density at radius 3 is 2.71 bits per heavy atom. The van der Waals surface area contributed by atoms with Gasteiger partial charge in [-0.05, 0) is 5.56 Å². The number of nitriles is 1. The van der Waals surface area contributed by atoms with Gasteiger partial charge in [-0.15, -0.1) is 0 Å². The van der Waals surface area contributed by atoms with Crippen LogP contribution in [-0.4, -0.2) is 0 Å². The van der Waals surface area contributed by atoms with Gasteiger partial charge in [0.2, 0.25) is 0 Å². The number of benzene rings is 1. The molecule has 0 atom stereocenters. The maximum atomic E-state index is 12.4. The minimum Gasteiger partial charge on any atom is -0.205 e. The first kappa shape index (κ1) is 10.4. The van der Waals surface area contributed by atoms with Gasteiger partial charge in [0.25, 0.3) is 6.43 Å². The molecule has 0 fully saturated rings. The van der Waals surface area contributed by atoms with Crippen molar-refractivity contribution in [2.24, 2.45) is 0 Å². The third-order valence-electron chi connectivity index (χ3n) is 1.74. The van der Waals surface area contributed by atoms with E-state index < -0.39 is 6.43 Å². The lowest BCUT2D eigenvalue weighted by Gasteiger charge is -2.03. The topological polar surface area (TPSA) is 23.8 Å². The zero-order valence-corrected chi connectivity index (χ0v) is 7.45. The predicted octanol–water partition coefficient (Wildman–Crippen LogP) is 3.55. The molecule has 1 nitrogen and oxygen atoms in total. The normalized spacial score (nSPS) is 10.7. The molecule has 0 saturated carbocycles. The van der Waals surface area contributed by atoms with E-state index in [0.29, 0.717) is 5.56 Å². The largest absolute Gasteiger partial charge is 0.264 e. The van der Waals surface area contributed by atoms with Gasteiger partial charge in [0.15, 0.2) is 0 Å². The van der Waals surface area contributed by atoms with E-state index in [-0.39, 0.29) is 12.0 Å². The molecule has 0 aliphatic heterocycles. The van der Waals surface area contributed by atoms with Crippen LogP contribution in [0.2, 0.25) is 0 Å². The van der Waals surface area contributed by atoms with Crippen molar-refractivity contribution in [2.75, 3.05) is 0 Å². The molecule has 1 rings (SSSR count). The molecule has 0 aliphatic carbocycles. The van der Waals surface area contributed by atoms with E-state index in [1.165, 1.54) is 6.07 Å². The molecule has 0 N–H and O–H groups in total. The number of alkyl halides is 2. The molecule has 0 heterocycles. The maximum Gasteiger partial charge on any atom is 0.264 e. The van der Waals surface area contributed by atoms with Crippen LogP contribution in [0.1, 0.15) is 24.0 Å². The van der Waals surface area contributed by atoms with Crippen LogP contribution >= 0.6 is 0 Å². The summed E-state index contributed by atoms with van der Waals surface area (Å²) in [6, 6.07) is 8.17. The van der Waals surface area contributed by atoms with Crippen molar-refractivity contribution >= 4 is 6.08 Å². The SMILES string of the molecule is N#CCC=Cc1ccccc1C(F)F. The molecule has 72 valence electrons. The Hall–Kier alpha value is -1.69. The molecule has 0 aliphatic rings. The van der Waals surface area contributed by atoms with Crippen LogP contribution < -0.4 is 0 Å². The summed E-state index contributed by atoms with van der Waals surface area (Å²) in [7, 11) is 0. The lowest BCUT2D eigenvalue weighted by atomic mass is 10.1. The summed E-state index contributed by atoms with van der Waals surface area (Å²) in [4.78, 5) is 0.